The van der Waals surface area contributed by atoms with E-state index >= 15 is 0 Å². The lowest BCUT2D eigenvalue weighted by Crippen LogP contribution is -2.45. The highest BCUT2D eigenvalue weighted by Gasteiger charge is 2.30. The minimum atomic E-state index is -0.127. The van der Waals surface area contributed by atoms with Gasteiger partial charge in [-0.25, -0.2) is 0 Å². The molecule has 0 aliphatic heterocycles. The molecular formula is C13H26BrNO. The number of carbonyl (C=O) groups excluding carboxylic acids is 1. The minimum Gasteiger partial charge on any atom is -0.352 e. The first-order chi connectivity index (χ1) is 7.20. The lowest BCUT2D eigenvalue weighted by Gasteiger charge is -2.28. The molecule has 0 radical (unpaired) electrons. The van der Waals surface area contributed by atoms with Crippen LogP contribution in [-0.4, -0.2) is 16.8 Å². The number of halogens is 1. The van der Waals surface area contributed by atoms with Crippen molar-refractivity contribution in [2.24, 2.45) is 11.3 Å². The van der Waals surface area contributed by atoms with Crippen LogP contribution in [0.3, 0.4) is 0 Å². The summed E-state index contributed by atoms with van der Waals surface area (Å²) in [6, 6.07) is 0.292. The van der Waals surface area contributed by atoms with Gasteiger partial charge in [-0.2, -0.15) is 0 Å². The van der Waals surface area contributed by atoms with Gasteiger partial charge in [0, 0.05) is 6.04 Å². The van der Waals surface area contributed by atoms with E-state index in [0.717, 1.165) is 12.8 Å². The molecule has 2 atom stereocenters. The third-order valence-corrected chi connectivity index (χ3v) is 4.51. The molecule has 2 unspecified atom stereocenters. The van der Waals surface area contributed by atoms with Gasteiger partial charge in [0.15, 0.2) is 0 Å². The second-order valence-electron chi connectivity index (χ2n) is 5.88. The quantitative estimate of drug-likeness (QED) is 0.768. The summed E-state index contributed by atoms with van der Waals surface area (Å²) in [5.74, 6) is 0.600. The molecule has 0 aliphatic carbocycles. The van der Waals surface area contributed by atoms with Gasteiger partial charge >= 0.3 is 0 Å². The lowest BCUT2D eigenvalue weighted by atomic mass is 9.91. The van der Waals surface area contributed by atoms with Gasteiger partial charge in [-0.05, 0) is 17.8 Å². The highest BCUT2D eigenvalue weighted by Crippen LogP contribution is 2.26. The van der Waals surface area contributed by atoms with Crippen LogP contribution in [0.25, 0.3) is 0 Å². The Morgan fingerprint density at radius 2 is 1.81 bits per heavy atom. The van der Waals surface area contributed by atoms with Crippen molar-refractivity contribution in [3.63, 3.8) is 0 Å². The summed E-state index contributed by atoms with van der Waals surface area (Å²) >= 11 is 3.48. The van der Waals surface area contributed by atoms with Crippen molar-refractivity contribution >= 4 is 21.8 Å². The molecular weight excluding hydrogens is 266 g/mol. The predicted octanol–water partition coefficient (Wildman–Crippen LogP) is 3.74. The van der Waals surface area contributed by atoms with Crippen molar-refractivity contribution in [1.29, 1.82) is 0 Å². The number of alkyl halides is 1. The highest BCUT2D eigenvalue weighted by atomic mass is 79.9. The average molecular weight is 292 g/mol. The molecule has 3 heteroatoms. The number of carbonyl (C=O) groups is 1. The summed E-state index contributed by atoms with van der Waals surface area (Å²) in [6.45, 7) is 12.7. The standard InChI is InChI=1S/C13H26BrNO/c1-7-8-10(9(2)3)15-12(16)11(14)13(4,5)6/h9-11H,7-8H2,1-6H3,(H,15,16). The number of hydrogen-bond donors (Lipinski definition) is 1. The Kier molecular flexibility index (Phi) is 6.61. The number of rotatable bonds is 5. The smallest absolute Gasteiger partial charge is 0.234 e. The summed E-state index contributed by atoms with van der Waals surface area (Å²) in [7, 11) is 0. The van der Waals surface area contributed by atoms with E-state index in [1.807, 2.05) is 0 Å². The highest BCUT2D eigenvalue weighted by molar-refractivity contribution is 9.10. The van der Waals surface area contributed by atoms with Crippen molar-refractivity contribution in [2.75, 3.05) is 0 Å². The maximum absolute atomic E-state index is 12.0. The van der Waals surface area contributed by atoms with Crippen molar-refractivity contribution in [3.05, 3.63) is 0 Å². The third kappa shape index (κ3) is 5.33. The zero-order chi connectivity index (χ0) is 12.9. The first kappa shape index (κ1) is 16.0. The summed E-state index contributed by atoms with van der Waals surface area (Å²) in [6.07, 6.45) is 2.15. The van der Waals surface area contributed by atoms with E-state index in [4.69, 9.17) is 0 Å². The monoisotopic (exact) mass is 291 g/mol. The van der Waals surface area contributed by atoms with E-state index in [1.165, 1.54) is 0 Å². The Labute approximate surface area is 109 Å². The Morgan fingerprint density at radius 1 is 1.31 bits per heavy atom. The second kappa shape index (κ2) is 6.63. The van der Waals surface area contributed by atoms with Crippen LogP contribution in [0.4, 0.5) is 0 Å². The van der Waals surface area contributed by atoms with Crippen LogP contribution < -0.4 is 5.32 Å². The number of nitrogens with one attached hydrogen (secondary N) is 1. The van der Waals surface area contributed by atoms with Crippen molar-refractivity contribution < 1.29 is 4.79 Å². The Morgan fingerprint density at radius 3 is 2.12 bits per heavy atom. The first-order valence-corrected chi connectivity index (χ1v) is 7.06. The molecule has 1 N–H and O–H groups in total. The fourth-order valence-electron chi connectivity index (χ4n) is 1.53. The molecule has 0 fully saturated rings. The molecule has 96 valence electrons. The van der Waals surface area contributed by atoms with Gasteiger partial charge in [-0.1, -0.05) is 63.9 Å². The Bertz CT molecular complexity index is 220. The molecule has 0 saturated carbocycles. The molecule has 0 aromatic heterocycles. The fraction of sp³-hybridized carbons (Fsp3) is 0.923. The van der Waals surface area contributed by atoms with Crippen LogP contribution in [0.15, 0.2) is 0 Å². The topological polar surface area (TPSA) is 29.1 Å². The van der Waals surface area contributed by atoms with Gasteiger partial charge in [0.1, 0.15) is 0 Å². The van der Waals surface area contributed by atoms with Gasteiger partial charge in [-0.15, -0.1) is 0 Å². The Hall–Kier alpha value is -0.0500. The number of amides is 1. The molecule has 0 rings (SSSR count). The van der Waals surface area contributed by atoms with E-state index in [0.29, 0.717) is 12.0 Å². The zero-order valence-corrected chi connectivity index (χ0v) is 13.0. The first-order valence-electron chi connectivity index (χ1n) is 6.14. The van der Waals surface area contributed by atoms with E-state index in [-0.39, 0.29) is 16.1 Å². The summed E-state index contributed by atoms with van der Waals surface area (Å²) < 4.78 is 0. The van der Waals surface area contributed by atoms with Gasteiger partial charge < -0.3 is 5.32 Å². The molecule has 0 spiro atoms. The SMILES string of the molecule is CCCC(NC(=O)C(Br)C(C)(C)C)C(C)C. The summed E-state index contributed by atoms with van der Waals surface area (Å²) in [5, 5.41) is 3.14. The summed E-state index contributed by atoms with van der Waals surface area (Å²) in [5.41, 5.74) is -0.0438. The predicted molar refractivity (Wildman–Crippen MR) is 73.8 cm³/mol. The van der Waals surface area contributed by atoms with Crippen LogP contribution in [0.1, 0.15) is 54.4 Å². The van der Waals surface area contributed by atoms with E-state index in [2.05, 4.69) is 62.8 Å². The molecule has 1 amide bonds. The molecule has 2 nitrogen and oxygen atoms in total. The van der Waals surface area contributed by atoms with Gasteiger partial charge in [-0.3, -0.25) is 4.79 Å². The normalized spacial score (nSPS) is 16.0. The van der Waals surface area contributed by atoms with Crippen LogP contribution in [0.2, 0.25) is 0 Å². The van der Waals surface area contributed by atoms with E-state index < -0.39 is 0 Å². The van der Waals surface area contributed by atoms with Crippen LogP contribution >= 0.6 is 15.9 Å². The number of hydrogen-bond acceptors (Lipinski definition) is 1. The third-order valence-electron chi connectivity index (χ3n) is 2.72. The molecule has 0 saturated heterocycles. The van der Waals surface area contributed by atoms with Crippen molar-refractivity contribution in [3.8, 4) is 0 Å². The van der Waals surface area contributed by atoms with Crippen molar-refractivity contribution in [1.82, 2.24) is 5.32 Å². The lowest BCUT2D eigenvalue weighted by molar-refractivity contribution is -0.123. The molecule has 0 bridgehead atoms. The van der Waals surface area contributed by atoms with Gasteiger partial charge in [0.25, 0.3) is 0 Å². The van der Waals surface area contributed by atoms with Crippen LogP contribution in [0, 0.1) is 11.3 Å². The molecule has 0 aliphatic rings. The zero-order valence-electron chi connectivity index (χ0n) is 11.4. The van der Waals surface area contributed by atoms with Crippen LogP contribution in [0.5, 0.6) is 0 Å². The second-order valence-corrected chi connectivity index (χ2v) is 6.79. The van der Waals surface area contributed by atoms with Gasteiger partial charge in [0.05, 0.1) is 4.83 Å². The van der Waals surface area contributed by atoms with Crippen LogP contribution in [-0.2, 0) is 4.79 Å². The molecule has 0 aromatic rings. The molecule has 16 heavy (non-hydrogen) atoms. The van der Waals surface area contributed by atoms with Gasteiger partial charge in [0.2, 0.25) is 5.91 Å². The van der Waals surface area contributed by atoms with E-state index in [9.17, 15) is 4.79 Å². The molecule has 0 aromatic carbocycles. The van der Waals surface area contributed by atoms with Crippen molar-refractivity contribution in [2.45, 2.75) is 65.3 Å². The largest absolute Gasteiger partial charge is 0.352 e. The Balaban J connectivity index is 4.40. The maximum Gasteiger partial charge on any atom is 0.234 e. The molecule has 0 heterocycles. The fourth-order valence-corrected chi connectivity index (χ4v) is 1.66. The summed E-state index contributed by atoms with van der Waals surface area (Å²) in [4.78, 5) is 11.9. The minimum absolute atomic E-state index is 0.0438. The average Bonchev–Trinajstić information content (AvgIpc) is 2.14. The maximum atomic E-state index is 12.0. The van der Waals surface area contributed by atoms with E-state index in [1.54, 1.807) is 0 Å².